The number of nitrogens with one attached hydrogen (secondary N) is 2. The largest absolute Gasteiger partial charge is 0.472 e. The summed E-state index contributed by atoms with van der Waals surface area (Å²) in [6, 6.07) is 0.972. The van der Waals surface area contributed by atoms with Crippen molar-refractivity contribution in [2.75, 3.05) is 13.2 Å². The summed E-state index contributed by atoms with van der Waals surface area (Å²) in [5.41, 5.74) is 0.408. The summed E-state index contributed by atoms with van der Waals surface area (Å²) in [7, 11) is 0. The molecule has 0 spiro atoms. The number of carbonyl (C=O) groups excluding carboxylic acids is 2. The first-order valence-electron chi connectivity index (χ1n) is 8.39. The number of carbonyl (C=O) groups is 2. The van der Waals surface area contributed by atoms with Crippen LogP contribution >= 0.6 is 0 Å². The second-order valence-corrected chi connectivity index (χ2v) is 5.98. The Morgan fingerprint density at radius 1 is 1.35 bits per heavy atom. The van der Waals surface area contributed by atoms with Gasteiger partial charge in [0.1, 0.15) is 12.3 Å². The van der Waals surface area contributed by atoms with Crippen LogP contribution in [0.1, 0.15) is 55.8 Å². The maximum absolute atomic E-state index is 11.9. The number of amides is 2. The predicted octanol–water partition coefficient (Wildman–Crippen LogP) is 2.25. The Kier molecular flexibility index (Phi) is 7.13. The van der Waals surface area contributed by atoms with E-state index in [1.807, 2.05) is 0 Å². The summed E-state index contributed by atoms with van der Waals surface area (Å²) in [6.45, 7) is 2.88. The second-order valence-electron chi connectivity index (χ2n) is 5.98. The highest BCUT2D eigenvalue weighted by Crippen LogP contribution is 2.20. The first kappa shape index (κ1) is 17.5. The van der Waals surface area contributed by atoms with E-state index in [1.165, 1.54) is 31.8 Å². The molecule has 1 aliphatic carbocycles. The molecule has 0 unspecified atom stereocenters. The van der Waals surface area contributed by atoms with Crippen LogP contribution in [0, 0.1) is 0 Å². The van der Waals surface area contributed by atoms with Crippen LogP contribution in [-0.2, 0) is 9.53 Å². The third kappa shape index (κ3) is 6.06. The molecule has 0 aliphatic heterocycles. The minimum atomic E-state index is -0.586. The molecular formula is C17H26N2O4. The maximum Gasteiger partial charge on any atom is 0.255 e. The van der Waals surface area contributed by atoms with E-state index in [0.717, 1.165) is 19.3 Å². The zero-order valence-electron chi connectivity index (χ0n) is 13.7. The Labute approximate surface area is 137 Å². The fraction of sp³-hybridized carbons (Fsp3) is 0.647. The number of furan rings is 1. The van der Waals surface area contributed by atoms with Gasteiger partial charge < -0.3 is 19.8 Å². The van der Waals surface area contributed by atoms with E-state index in [9.17, 15) is 9.59 Å². The molecule has 1 atom stereocenters. The highest BCUT2D eigenvalue weighted by molar-refractivity contribution is 5.97. The van der Waals surface area contributed by atoms with Crippen LogP contribution in [0.5, 0.6) is 0 Å². The molecule has 128 valence electrons. The summed E-state index contributed by atoms with van der Waals surface area (Å²) >= 11 is 0. The minimum Gasteiger partial charge on any atom is -0.472 e. The Bertz CT molecular complexity index is 481. The Morgan fingerprint density at radius 3 is 2.83 bits per heavy atom. The lowest BCUT2D eigenvalue weighted by atomic mass is 9.98. The van der Waals surface area contributed by atoms with Crippen LogP contribution in [0.2, 0.25) is 0 Å². The molecular weight excluding hydrogens is 296 g/mol. The van der Waals surface area contributed by atoms with Gasteiger partial charge in [0.2, 0.25) is 5.91 Å². The summed E-state index contributed by atoms with van der Waals surface area (Å²) < 4.78 is 10.7. The highest BCUT2D eigenvalue weighted by Gasteiger charge is 2.17. The van der Waals surface area contributed by atoms with E-state index in [4.69, 9.17) is 9.15 Å². The minimum absolute atomic E-state index is 0.195. The molecule has 23 heavy (non-hydrogen) atoms. The molecule has 1 aliphatic rings. The van der Waals surface area contributed by atoms with E-state index < -0.39 is 6.04 Å². The van der Waals surface area contributed by atoms with Gasteiger partial charge in [-0.05, 0) is 32.3 Å². The fourth-order valence-electron chi connectivity index (χ4n) is 2.66. The zero-order chi connectivity index (χ0) is 16.5. The molecule has 2 amide bonds. The molecule has 1 fully saturated rings. The van der Waals surface area contributed by atoms with Crippen molar-refractivity contribution in [1.82, 2.24) is 10.6 Å². The van der Waals surface area contributed by atoms with Gasteiger partial charge in [-0.25, -0.2) is 0 Å². The Morgan fingerprint density at radius 2 is 2.13 bits per heavy atom. The van der Waals surface area contributed by atoms with Gasteiger partial charge in [0.25, 0.3) is 5.91 Å². The summed E-state index contributed by atoms with van der Waals surface area (Å²) in [5.74, 6) is -0.512. The first-order chi connectivity index (χ1) is 11.2. The number of hydrogen-bond acceptors (Lipinski definition) is 4. The predicted molar refractivity (Wildman–Crippen MR) is 86.1 cm³/mol. The molecule has 0 saturated heterocycles. The molecule has 0 radical (unpaired) electrons. The van der Waals surface area contributed by atoms with Crippen molar-refractivity contribution < 1.29 is 18.7 Å². The van der Waals surface area contributed by atoms with Gasteiger partial charge in [0.15, 0.2) is 0 Å². The Hall–Kier alpha value is -1.82. The molecule has 1 saturated carbocycles. The van der Waals surface area contributed by atoms with Gasteiger partial charge >= 0.3 is 0 Å². The van der Waals surface area contributed by atoms with Crippen LogP contribution in [0.15, 0.2) is 23.0 Å². The van der Waals surface area contributed by atoms with E-state index in [1.54, 1.807) is 13.0 Å². The number of ether oxygens (including phenoxy) is 1. The lowest BCUT2D eigenvalue weighted by Crippen LogP contribution is -2.45. The fourth-order valence-corrected chi connectivity index (χ4v) is 2.66. The third-order valence-electron chi connectivity index (χ3n) is 4.05. The van der Waals surface area contributed by atoms with E-state index in [-0.39, 0.29) is 11.8 Å². The second kappa shape index (κ2) is 9.35. The standard InChI is InChI=1S/C17H26N2O4/c1-13(19-17(21)14-8-11-22-12-14)16(20)18-9-5-10-23-15-6-3-2-4-7-15/h8,11-13,15H,2-7,9-10H2,1H3,(H,18,20)(H,19,21)/t13-/m0/s1. The third-order valence-corrected chi connectivity index (χ3v) is 4.05. The van der Waals surface area contributed by atoms with Crippen molar-refractivity contribution in [3.63, 3.8) is 0 Å². The van der Waals surface area contributed by atoms with Crippen molar-refractivity contribution in [3.05, 3.63) is 24.2 Å². The maximum atomic E-state index is 11.9. The molecule has 6 nitrogen and oxygen atoms in total. The van der Waals surface area contributed by atoms with Gasteiger partial charge in [-0.3, -0.25) is 9.59 Å². The lowest BCUT2D eigenvalue weighted by molar-refractivity contribution is -0.122. The summed E-state index contributed by atoms with van der Waals surface area (Å²) in [4.78, 5) is 23.7. The Balaban J connectivity index is 1.56. The van der Waals surface area contributed by atoms with E-state index >= 15 is 0 Å². The molecule has 6 heteroatoms. The van der Waals surface area contributed by atoms with E-state index in [2.05, 4.69) is 10.6 Å². The summed E-state index contributed by atoms with van der Waals surface area (Å²) in [5, 5.41) is 5.45. The van der Waals surface area contributed by atoms with Crippen LogP contribution in [0.3, 0.4) is 0 Å². The number of hydrogen-bond donors (Lipinski definition) is 2. The molecule has 2 N–H and O–H groups in total. The zero-order valence-corrected chi connectivity index (χ0v) is 13.7. The van der Waals surface area contributed by atoms with Gasteiger partial charge in [-0.1, -0.05) is 19.3 Å². The quantitative estimate of drug-likeness (QED) is 0.719. The van der Waals surface area contributed by atoms with Crippen molar-refractivity contribution in [1.29, 1.82) is 0 Å². The smallest absolute Gasteiger partial charge is 0.255 e. The molecule has 1 aromatic rings. The first-order valence-corrected chi connectivity index (χ1v) is 8.39. The lowest BCUT2D eigenvalue weighted by Gasteiger charge is -2.22. The van der Waals surface area contributed by atoms with Crippen LogP contribution < -0.4 is 10.6 Å². The van der Waals surface area contributed by atoms with Crippen molar-refractivity contribution in [3.8, 4) is 0 Å². The number of rotatable bonds is 8. The van der Waals surface area contributed by atoms with Gasteiger partial charge in [-0.15, -0.1) is 0 Å². The van der Waals surface area contributed by atoms with Crippen LogP contribution in [0.4, 0.5) is 0 Å². The molecule has 0 bridgehead atoms. The monoisotopic (exact) mass is 322 g/mol. The molecule has 1 aromatic heterocycles. The van der Waals surface area contributed by atoms with E-state index in [0.29, 0.717) is 24.8 Å². The topological polar surface area (TPSA) is 80.6 Å². The van der Waals surface area contributed by atoms with Crippen molar-refractivity contribution in [2.24, 2.45) is 0 Å². The van der Waals surface area contributed by atoms with Gasteiger partial charge in [0, 0.05) is 13.2 Å². The highest BCUT2D eigenvalue weighted by atomic mass is 16.5. The van der Waals surface area contributed by atoms with Gasteiger partial charge in [-0.2, -0.15) is 0 Å². The molecule has 0 aromatic carbocycles. The molecule has 1 heterocycles. The van der Waals surface area contributed by atoms with Crippen molar-refractivity contribution >= 4 is 11.8 Å². The summed E-state index contributed by atoms with van der Waals surface area (Å²) in [6.07, 6.45) is 10.1. The normalized spacial score (nSPS) is 16.7. The van der Waals surface area contributed by atoms with Crippen LogP contribution in [0.25, 0.3) is 0 Å². The van der Waals surface area contributed by atoms with Crippen molar-refractivity contribution in [2.45, 2.75) is 57.6 Å². The van der Waals surface area contributed by atoms with Crippen LogP contribution in [-0.4, -0.2) is 37.1 Å². The average molecular weight is 322 g/mol. The SMILES string of the molecule is C[C@H](NC(=O)c1ccoc1)C(=O)NCCCOC1CCCCC1. The van der Waals surface area contributed by atoms with Gasteiger partial charge in [0.05, 0.1) is 17.9 Å². The average Bonchev–Trinajstić information content (AvgIpc) is 3.10. The molecule has 2 rings (SSSR count).